The van der Waals surface area contributed by atoms with E-state index in [1.165, 1.54) is 0 Å². The maximum atomic E-state index is 10.6. The van der Waals surface area contributed by atoms with Gasteiger partial charge >= 0.3 is 5.97 Å². The summed E-state index contributed by atoms with van der Waals surface area (Å²) in [6, 6.07) is 13.1. The number of benzene rings is 2. The summed E-state index contributed by atoms with van der Waals surface area (Å²) in [5, 5.41) is 8.69. The highest BCUT2D eigenvalue weighted by atomic mass is 16.5. The van der Waals surface area contributed by atoms with Gasteiger partial charge in [0.15, 0.2) is 0 Å². The lowest BCUT2D eigenvalue weighted by atomic mass is 10.0. The quantitative estimate of drug-likeness (QED) is 0.854. The summed E-state index contributed by atoms with van der Waals surface area (Å²) in [5.74, 6) is 0.532. The van der Waals surface area contributed by atoms with E-state index in [-0.39, 0.29) is 0 Å². The fraction of sp³-hybridized carbons (Fsp3) is 0.118. The van der Waals surface area contributed by atoms with Crippen molar-refractivity contribution in [1.29, 1.82) is 0 Å². The molecule has 4 nitrogen and oxygen atoms in total. The lowest BCUT2D eigenvalue weighted by molar-refractivity contribution is -0.131. The molecule has 0 amide bonds. The van der Waals surface area contributed by atoms with Gasteiger partial charge in [0.25, 0.3) is 0 Å². The first kappa shape index (κ1) is 14.7. The monoisotopic (exact) mass is 284 g/mol. The highest BCUT2D eigenvalue weighted by Crippen LogP contribution is 2.32. The van der Waals surface area contributed by atoms with Crippen molar-refractivity contribution in [3.63, 3.8) is 0 Å². The van der Waals surface area contributed by atoms with E-state index in [1.54, 1.807) is 20.3 Å². The van der Waals surface area contributed by atoms with Crippen molar-refractivity contribution in [2.45, 2.75) is 0 Å². The van der Waals surface area contributed by atoms with Crippen LogP contribution in [0.4, 0.5) is 0 Å². The van der Waals surface area contributed by atoms with E-state index >= 15 is 0 Å². The molecule has 0 bridgehead atoms. The molecule has 21 heavy (non-hydrogen) atoms. The summed E-state index contributed by atoms with van der Waals surface area (Å²) in [7, 11) is 3.22. The number of methoxy groups -OCH3 is 2. The highest BCUT2D eigenvalue weighted by molar-refractivity contribution is 5.86. The van der Waals surface area contributed by atoms with Crippen LogP contribution >= 0.6 is 0 Å². The summed E-state index contributed by atoms with van der Waals surface area (Å²) in [6.07, 6.45) is 2.66. The lowest BCUT2D eigenvalue weighted by Gasteiger charge is -2.10. The second-order valence-electron chi connectivity index (χ2n) is 4.36. The predicted octanol–water partition coefficient (Wildman–Crippen LogP) is 3.47. The Kier molecular flexibility index (Phi) is 4.61. The summed E-state index contributed by atoms with van der Waals surface area (Å²) in [5.41, 5.74) is 2.66. The third-order valence-corrected chi connectivity index (χ3v) is 3.04. The fourth-order valence-electron chi connectivity index (χ4n) is 1.99. The van der Waals surface area contributed by atoms with Crippen LogP contribution in [0, 0.1) is 0 Å². The molecule has 0 aromatic heterocycles. The molecule has 2 aromatic rings. The van der Waals surface area contributed by atoms with Gasteiger partial charge in [0.1, 0.15) is 11.5 Å². The molecular formula is C17H16O4. The summed E-state index contributed by atoms with van der Waals surface area (Å²) in [6.45, 7) is 0. The van der Waals surface area contributed by atoms with E-state index in [0.717, 1.165) is 34.3 Å². The zero-order valence-corrected chi connectivity index (χ0v) is 11.9. The fourth-order valence-corrected chi connectivity index (χ4v) is 1.99. The first-order valence-corrected chi connectivity index (χ1v) is 6.37. The van der Waals surface area contributed by atoms with Gasteiger partial charge in [-0.3, -0.25) is 0 Å². The molecule has 0 spiro atoms. The molecule has 2 aromatic carbocycles. The smallest absolute Gasteiger partial charge is 0.328 e. The Bertz CT molecular complexity index is 657. The molecule has 4 heteroatoms. The van der Waals surface area contributed by atoms with Gasteiger partial charge in [-0.05, 0) is 41.5 Å². The van der Waals surface area contributed by atoms with Crippen LogP contribution in [0.5, 0.6) is 11.5 Å². The van der Waals surface area contributed by atoms with Crippen LogP contribution < -0.4 is 9.47 Å². The zero-order chi connectivity index (χ0) is 15.2. The zero-order valence-electron chi connectivity index (χ0n) is 11.9. The minimum atomic E-state index is -0.975. The second-order valence-corrected chi connectivity index (χ2v) is 4.36. The Morgan fingerprint density at radius 3 is 2.33 bits per heavy atom. The third kappa shape index (κ3) is 3.63. The Balaban J connectivity index is 2.43. The van der Waals surface area contributed by atoms with Gasteiger partial charge < -0.3 is 14.6 Å². The van der Waals surface area contributed by atoms with E-state index in [4.69, 9.17) is 14.6 Å². The molecule has 0 aliphatic rings. The standard InChI is InChI=1S/C17H16O4/c1-20-14-7-5-13(6-8-14)15-11-12(4-10-17(18)19)3-9-16(15)21-2/h3-11H,1-2H3,(H,18,19). The van der Waals surface area contributed by atoms with Crippen LogP contribution in [-0.2, 0) is 4.79 Å². The number of aliphatic carboxylic acids is 1. The Hall–Kier alpha value is -2.75. The molecular weight excluding hydrogens is 268 g/mol. The average molecular weight is 284 g/mol. The summed E-state index contributed by atoms with van der Waals surface area (Å²) in [4.78, 5) is 10.6. The minimum Gasteiger partial charge on any atom is -0.497 e. The molecule has 0 heterocycles. The molecule has 108 valence electrons. The van der Waals surface area contributed by atoms with Gasteiger partial charge in [0.05, 0.1) is 14.2 Å². The van der Waals surface area contributed by atoms with Crippen molar-refractivity contribution in [3.05, 3.63) is 54.1 Å². The largest absolute Gasteiger partial charge is 0.497 e. The minimum absolute atomic E-state index is 0.729. The van der Waals surface area contributed by atoms with E-state index in [0.29, 0.717) is 0 Å². The highest BCUT2D eigenvalue weighted by Gasteiger charge is 2.07. The van der Waals surface area contributed by atoms with Crippen LogP contribution in [0.15, 0.2) is 48.5 Å². The van der Waals surface area contributed by atoms with Crippen LogP contribution in [0.2, 0.25) is 0 Å². The number of carboxylic acid groups (broad SMARTS) is 1. The van der Waals surface area contributed by atoms with Crippen molar-refractivity contribution in [2.24, 2.45) is 0 Å². The van der Waals surface area contributed by atoms with E-state index in [9.17, 15) is 4.79 Å². The maximum absolute atomic E-state index is 10.6. The lowest BCUT2D eigenvalue weighted by Crippen LogP contribution is -1.90. The van der Waals surface area contributed by atoms with Crippen LogP contribution in [-0.4, -0.2) is 25.3 Å². The molecule has 0 atom stereocenters. The van der Waals surface area contributed by atoms with Crippen molar-refractivity contribution < 1.29 is 19.4 Å². The molecule has 0 aliphatic carbocycles. The van der Waals surface area contributed by atoms with E-state index in [1.807, 2.05) is 42.5 Å². The van der Waals surface area contributed by atoms with E-state index < -0.39 is 5.97 Å². The van der Waals surface area contributed by atoms with Crippen LogP contribution in [0.3, 0.4) is 0 Å². The van der Waals surface area contributed by atoms with Gasteiger partial charge in [0, 0.05) is 11.6 Å². The first-order chi connectivity index (χ1) is 10.1. The van der Waals surface area contributed by atoms with Crippen LogP contribution in [0.25, 0.3) is 17.2 Å². The molecule has 2 rings (SSSR count). The molecule has 0 aliphatic heterocycles. The van der Waals surface area contributed by atoms with Gasteiger partial charge in [-0.1, -0.05) is 18.2 Å². The normalized spacial score (nSPS) is 10.6. The van der Waals surface area contributed by atoms with Crippen molar-refractivity contribution in [2.75, 3.05) is 14.2 Å². The molecule has 1 N–H and O–H groups in total. The predicted molar refractivity (Wildman–Crippen MR) is 81.7 cm³/mol. The van der Waals surface area contributed by atoms with Crippen LogP contribution in [0.1, 0.15) is 5.56 Å². The molecule has 0 fully saturated rings. The Labute approximate surface area is 123 Å². The van der Waals surface area contributed by atoms with Gasteiger partial charge in [-0.15, -0.1) is 0 Å². The molecule has 0 radical (unpaired) electrons. The number of rotatable bonds is 5. The molecule has 0 saturated carbocycles. The topological polar surface area (TPSA) is 55.8 Å². The second kappa shape index (κ2) is 6.61. The van der Waals surface area contributed by atoms with Gasteiger partial charge in [0.2, 0.25) is 0 Å². The summed E-state index contributed by atoms with van der Waals surface area (Å²) >= 11 is 0. The van der Waals surface area contributed by atoms with Gasteiger partial charge in [-0.2, -0.15) is 0 Å². The first-order valence-electron chi connectivity index (χ1n) is 6.37. The van der Waals surface area contributed by atoms with Crippen molar-refractivity contribution >= 4 is 12.0 Å². The SMILES string of the molecule is COc1ccc(-c2cc(C=CC(=O)O)ccc2OC)cc1. The Morgan fingerprint density at radius 2 is 1.76 bits per heavy atom. The average Bonchev–Trinajstić information content (AvgIpc) is 2.52. The molecule has 0 saturated heterocycles. The van der Waals surface area contributed by atoms with Crippen molar-refractivity contribution in [3.8, 4) is 22.6 Å². The van der Waals surface area contributed by atoms with Gasteiger partial charge in [-0.25, -0.2) is 4.79 Å². The number of carboxylic acids is 1. The maximum Gasteiger partial charge on any atom is 0.328 e. The number of hydrogen-bond acceptors (Lipinski definition) is 3. The molecule has 0 unspecified atom stereocenters. The number of hydrogen-bond donors (Lipinski definition) is 1. The van der Waals surface area contributed by atoms with E-state index in [2.05, 4.69) is 0 Å². The Morgan fingerprint density at radius 1 is 1.05 bits per heavy atom. The number of ether oxygens (including phenoxy) is 2. The third-order valence-electron chi connectivity index (χ3n) is 3.04. The van der Waals surface area contributed by atoms with Crippen molar-refractivity contribution in [1.82, 2.24) is 0 Å². The summed E-state index contributed by atoms with van der Waals surface area (Å²) < 4.78 is 10.5. The number of carbonyl (C=O) groups is 1.